The van der Waals surface area contributed by atoms with Crippen LogP contribution >= 0.6 is 0 Å². The average molecular weight is 259 g/mol. The van der Waals surface area contributed by atoms with E-state index in [4.69, 9.17) is 5.11 Å². The predicted molar refractivity (Wildman–Crippen MR) is 48.9 cm³/mol. The zero-order chi connectivity index (χ0) is 12.5. The van der Waals surface area contributed by atoms with Gasteiger partial charge >= 0.3 is 6.09 Å². The van der Waals surface area contributed by atoms with Crippen molar-refractivity contribution in [2.75, 3.05) is 12.8 Å². The van der Waals surface area contributed by atoms with Crippen molar-refractivity contribution in [3.05, 3.63) is 0 Å². The van der Waals surface area contributed by atoms with Crippen molar-refractivity contribution >= 4 is 16.2 Å². The third-order valence-corrected chi connectivity index (χ3v) is 2.77. The second kappa shape index (κ2) is 4.50. The highest BCUT2D eigenvalue weighted by Gasteiger charge is 2.42. The molecular formula is C7H11F2NO5S. The molecular weight excluding hydrogens is 248 g/mol. The van der Waals surface area contributed by atoms with Crippen molar-refractivity contribution in [3.63, 3.8) is 0 Å². The highest BCUT2D eigenvalue weighted by atomic mass is 32.2. The van der Waals surface area contributed by atoms with Crippen LogP contribution in [0.5, 0.6) is 0 Å². The molecule has 16 heavy (non-hydrogen) atoms. The van der Waals surface area contributed by atoms with Gasteiger partial charge in [0.1, 0.15) is 0 Å². The molecule has 0 radical (unpaired) electrons. The van der Waals surface area contributed by atoms with E-state index in [0.717, 1.165) is 6.26 Å². The van der Waals surface area contributed by atoms with Crippen LogP contribution in [0.25, 0.3) is 0 Å². The van der Waals surface area contributed by atoms with Gasteiger partial charge in [-0.25, -0.2) is 13.6 Å². The summed E-state index contributed by atoms with van der Waals surface area (Å²) in [5.41, 5.74) is 0. The van der Waals surface area contributed by atoms with Gasteiger partial charge in [0.15, 0.2) is 0 Å². The van der Waals surface area contributed by atoms with E-state index < -0.39 is 34.8 Å². The van der Waals surface area contributed by atoms with E-state index in [0.29, 0.717) is 4.90 Å². The molecule has 1 saturated heterocycles. The summed E-state index contributed by atoms with van der Waals surface area (Å²) >= 11 is 0. The number of hydrogen-bond donors (Lipinski definition) is 1. The van der Waals surface area contributed by atoms with Crippen LogP contribution in [-0.4, -0.2) is 55.9 Å². The zero-order valence-electron chi connectivity index (χ0n) is 8.34. The molecule has 1 amide bonds. The van der Waals surface area contributed by atoms with E-state index in [-0.39, 0.29) is 13.0 Å². The van der Waals surface area contributed by atoms with E-state index in [1.165, 1.54) is 0 Å². The SMILES string of the molecule is CS(=O)(=O)O[C@H]1C[C@@H](C(F)F)N(C(=O)O)C1. The molecule has 0 aromatic heterocycles. The van der Waals surface area contributed by atoms with Crippen molar-refractivity contribution in [2.24, 2.45) is 0 Å². The average Bonchev–Trinajstić information content (AvgIpc) is 2.44. The van der Waals surface area contributed by atoms with Crippen molar-refractivity contribution < 1.29 is 31.3 Å². The Morgan fingerprint density at radius 2 is 2.12 bits per heavy atom. The van der Waals surface area contributed by atoms with Crippen LogP contribution < -0.4 is 0 Å². The van der Waals surface area contributed by atoms with E-state index >= 15 is 0 Å². The summed E-state index contributed by atoms with van der Waals surface area (Å²) in [4.78, 5) is 11.1. The van der Waals surface area contributed by atoms with E-state index in [9.17, 15) is 22.0 Å². The van der Waals surface area contributed by atoms with Crippen LogP contribution in [-0.2, 0) is 14.3 Å². The molecule has 9 heteroatoms. The minimum atomic E-state index is -3.77. The lowest BCUT2D eigenvalue weighted by molar-refractivity contribution is 0.0469. The Balaban J connectivity index is 2.73. The van der Waals surface area contributed by atoms with Gasteiger partial charge < -0.3 is 5.11 Å². The largest absolute Gasteiger partial charge is 0.465 e. The molecule has 6 nitrogen and oxygen atoms in total. The topological polar surface area (TPSA) is 83.9 Å². The molecule has 1 heterocycles. The van der Waals surface area contributed by atoms with Crippen LogP contribution in [0.4, 0.5) is 13.6 Å². The first-order valence-corrected chi connectivity index (χ1v) is 6.18. The van der Waals surface area contributed by atoms with Crippen molar-refractivity contribution in [1.29, 1.82) is 0 Å². The Bertz CT molecular complexity index is 371. The third kappa shape index (κ3) is 3.27. The maximum atomic E-state index is 12.4. The number of nitrogens with zero attached hydrogens (tertiary/aromatic N) is 1. The molecule has 1 rings (SSSR count). The second-order valence-corrected chi connectivity index (χ2v) is 5.10. The van der Waals surface area contributed by atoms with Gasteiger partial charge in [0, 0.05) is 6.42 Å². The summed E-state index contributed by atoms with van der Waals surface area (Å²) in [6.07, 6.45) is -4.94. The number of carbonyl (C=O) groups is 1. The zero-order valence-corrected chi connectivity index (χ0v) is 9.15. The predicted octanol–water partition coefficient (Wildman–Crippen LogP) is 0.349. The number of halogens is 2. The van der Waals surface area contributed by atoms with Gasteiger partial charge in [0.2, 0.25) is 0 Å². The summed E-state index contributed by atoms with van der Waals surface area (Å²) in [7, 11) is -3.77. The first-order valence-electron chi connectivity index (χ1n) is 4.36. The highest BCUT2D eigenvalue weighted by molar-refractivity contribution is 7.86. The quantitative estimate of drug-likeness (QED) is 0.739. The Kier molecular flexibility index (Phi) is 3.68. The molecule has 0 spiro atoms. The molecule has 94 valence electrons. The van der Waals surface area contributed by atoms with Gasteiger partial charge in [0.05, 0.1) is 24.9 Å². The minimum absolute atomic E-state index is 0.322. The standard InChI is InChI=1S/C7H11F2NO5S/c1-16(13,14)15-4-2-5(6(8)9)10(3-4)7(11)12/h4-6H,2-3H2,1H3,(H,11,12)/t4-,5-/m0/s1. The Hall–Kier alpha value is -0.960. The number of rotatable bonds is 3. The number of alkyl halides is 2. The lowest BCUT2D eigenvalue weighted by atomic mass is 10.2. The van der Waals surface area contributed by atoms with Gasteiger partial charge in [-0.3, -0.25) is 9.08 Å². The summed E-state index contributed by atoms with van der Waals surface area (Å²) in [5.74, 6) is 0. The monoisotopic (exact) mass is 259 g/mol. The van der Waals surface area contributed by atoms with Gasteiger partial charge in [0.25, 0.3) is 16.5 Å². The summed E-state index contributed by atoms with van der Waals surface area (Å²) in [6.45, 7) is -0.364. The fraction of sp³-hybridized carbons (Fsp3) is 0.857. The molecule has 0 aliphatic carbocycles. The Morgan fingerprint density at radius 3 is 2.44 bits per heavy atom. The first kappa shape index (κ1) is 13.1. The molecule has 2 atom stereocenters. The van der Waals surface area contributed by atoms with Crippen molar-refractivity contribution in [1.82, 2.24) is 4.90 Å². The van der Waals surface area contributed by atoms with E-state index in [1.54, 1.807) is 0 Å². The highest BCUT2D eigenvalue weighted by Crippen LogP contribution is 2.26. The molecule has 1 aliphatic heterocycles. The number of carboxylic acid groups (broad SMARTS) is 1. The number of hydrogen-bond acceptors (Lipinski definition) is 4. The fourth-order valence-electron chi connectivity index (χ4n) is 1.60. The maximum Gasteiger partial charge on any atom is 0.407 e. The van der Waals surface area contributed by atoms with Crippen molar-refractivity contribution in [2.45, 2.75) is 25.0 Å². The Labute approximate surface area is 90.9 Å². The second-order valence-electron chi connectivity index (χ2n) is 3.49. The van der Waals surface area contributed by atoms with Crippen LogP contribution in [0.1, 0.15) is 6.42 Å². The number of likely N-dealkylation sites (tertiary alicyclic amines) is 1. The molecule has 1 fully saturated rings. The van der Waals surface area contributed by atoms with Gasteiger partial charge in [-0.2, -0.15) is 8.42 Å². The summed E-state index contributed by atoms with van der Waals surface area (Å²) in [6, 6.07) is -1.51. The smallest absolute Gasteiger partial charge is 0.407 e. The molecule has 1 aliphatic rings. The van der Waals surface area contributed by atoms with E-state index in [2.05, 4.69) is 4.18 Å². The molecule has 0 aromatic carbocycles. The molecule has 0 saturated carbocycles. The molecule has 1 N–H and O–H groups in total. The Morgan fingerprint density at radius 1 is 1.56 bits per heavy atom. The minimum Gasteiger partial charge on any atom is -0.465 e. The summed E-state index contributed by atoms with van der Waals surface area (Å²) in [5, 5.41) is 8.64. The normalized spacial score (nSPS) is 26.4. The van der Waals surface area contributed by atoms with Crippen LogP contribution in [0.15, 0.2) is 0 Å². The summed E-state index contributed by atoms with van der Waals surface area (Å²) < 4.78 is 50.9. The lowest BCUT2D eigenvalue weighted by Gasteiger charge is -2.19. The van der Waals surface area contributed by atoms with Gasteiger partial charge in [-0.1, -0.05) is 0 Å². The fourth-order valence-corrected chi connectivity index (χ4v) is 2.24. The molecule has 0 aromatic rings. The first-order chi connectivity index (χ1) is 7.20. The van der Waals surface area contributed by atoms with Crippen LogP contribution in [0, 0.1) is 0 Å². The lowest BCUT2D eigenvalue weighted by Crippen LogP contribution is -2.38. The van der Waals surface area contributed by atoms with Crippen molar-refractivity contribution in [3.8, 4) is 0 Å². The van der Waals surface area contributed by atoms with Gasteiger partial charge in [-0.15, -0.1) is 0 Å². The third-order valence-electron chi connectivity index (χ3n) is 2.15. The molecule has 0 unspecified atom stereocenters. The van der Waals surface area contributed by atoms with Gasteiger partial charge in [-0.05, 0) is 0 Å². The molecule has 0 bridgehead atoms. The van der Waals surface area contributed by atoms with Crippen LogP contribution in [0.2, 0.25) is 0 Å². The number of amides is 1. The maximum absolute atomic E-state index is 12.4. The van der Waals surface area contributed by atoms with Crippen LogP contribution in [0.3, 0.4) is 0 Å². The van der Waals surface area contributed by atoms with E-state index in [1.807, 2.05) is 0 Å².